The Labute approximate surface area is 139 Å². The van der Waals surface area contributed by atoms with Gasteiger partial charge in [-0.15, -0.1) is 10.2 Å². The highest BCUT2D eigenvalue weighted by molar-refractivity contribution is 5.87. The van der Waals surface area contributed by atoms with E-state index in [1.165, 1.54) is 6.42 Å². The Kier molecular flexibility index (Phi) is 3.75. The number of benzene rings is 1. The molecule has 24 heavy (non-hydrogen) atoms. The summed E-state index contributed by atoms with van der Waals surface area (Å²) < 4.78 is 2.07. The number of hydrogen-bond donors (Lipinski definition) is 0. The Bertz CT molecular complexity index is 963. The molecule has 0 atom stereocenters. The maximum Gasteiger partial charge on any atom is 0.174 e. The first-order valence-electron chi connectivity index (χ1n) is 8.11. The van der Waals surface area contributed by atoms with Gasteiger partial charge >= 0.3 is 0 Å². The molecule has 0 aliphatic carbocycles. The summed E-state index contributed by atoms with van der Waals surface area (Å²) in [6, 6.07) is 9.92. The fourth-order valence-corrected chi connectivity index (χ4v) is 3.02. The highest BCUT2D eigenvalue weighted by Crippen LogP contribution is 2.21. The molecule has 3 aromatic rings. The Morgan fingerprint density at radius 2 is 2.00 bits per heavy atom. The van der Waals surface area contributed by atoms with Gasteiger partial charge in [-0.1, -0.05) is 18.6 Å². The maximum absolute atomic E-state index is 9.60. The fourth-order valence-electron chi connectivity index (χ4n) is 3.02. The van der Waals surface area contributed by atoms with Crippen LogP contribution in [0.5, 0.6) is 0 Å². The molecule has 6 heteroatoms. The summed E-state index contributed by atoms with van der Waals surface area (Å²) >= 11 is 0. The summed E-state index contributed by atoms with van der Waals surface area (Å²) in [6.07, 6.45) is 7.74. The van der Waals surface area contributed by atoms with E-state index in [1.54, 1.807) is 12.3 Å². The topological polar surface area (TPSA) is 80.3 Å². The molecule has 4 rings (SSSR count). The van der Waals surface area contributed by atoms with Gasteiger partial charge in [-0.25, -0.2) is 4.98 Å². The molecule has 0 unspecified atom stereocenters. The van der Waals surface area contributed by atoms with Gasteiger partial charge in [0.05, 0.1) is 28.5 Å². The van der Waals surface area contributed by atoms with Crippen LogP contribution in [0.2, 0.25) is 0 Å². The summed E-state index contributed by atoms with van der Waals surface area (Å²) in [7, 11) is 0. The van der Waals surface area contributed by atoms with Crippen LogP contribution in [-0.2, 0) is 13.0 Å². The molecular weight excluding hydrogens is 300 g/mol. The zero-order valence-corrected chi connectivity index (χ0v) is 13.2. The molecule has 0 radical (unpaired) electrons. The van der Waals surface area contributed by atoms with Crippen LogP contribution >= 0.6 is 0 Å². The molecule has 1 aliphatic rings. The van der Waals surface area contributed by atoms with Gasteiger partial charge in [0.15, 0.2) is 5.82 Å². The second-order valence-electron chi connectivity index (χ2n) is 5.86. The van der Waals surface area contributed by atoms with Crippen LogP contribution in [0.1, 0.15) is 36.6 Å². The van der Waals surface area contributed by atoms with Crippen molar-refractivity contribution in [2.45, 2.75) is 32.2 Å². The van der Waals surface area contributed by atoms with Crippen LogP contribution in [0, 0.1) is 11.3 Å². The number of fused-ring (bicyclic) bond motifs is 2. The molecule has 3 heterocycles. The van der Waals surface area contributed by atoms with Crippen LogP contribution in [0.25, 0.3) is 22.7 Å². The van der Waals surface area contributed by atoms with Crippen molar-refractivity contribution in [2.24, 2.45) is 0 Å². The van der Waals surface area contributed by atoms with E-state index >= 15 is 0 Å². The first-order chi connectivity index (χ1) is 11.8. The van der Waals surface area contributed by atoms with Gasteiger partial charge in [0, 0.05) is 13.0 Å². The van der Waals surface area contributed by atoms with Gasteiger partial charge in [-0.05, 0) is 31.1 Å². The molecule has 118 valence electrons. The zero-order chi connectivity index (χ0) is 16.4. The summed E-state index contributed by atoms with van der Waals surface area (Å²) in [5.41, 5.74) is 2.77. The minimum Gasteiger partial charge on any atom is -0.310 e. The average Bonchev–Trinajstić information content (AvgIpc) is 2.87. The SMILES string of the molecule is N#C/C(=C\c1cnc2ccccc2n1)c1nnc2n1CCCCC2. The van der Waals surface area contributed by atoms with Crippen molar-refractivity contribution in [1.29, 1.82) is 5.26 Å². The van der Waals surface area contributed by atoms with E-state index in [0.717, 1.165) is 42.7 Å². The van der Waals surface area contributed by atoms with Crippen LogP contribution in [0.4, 0.5) is 0 Å². The van der Waals surface area contributed by atoms with E-state index in [9.17, 15) is 5.26 Å². The quantitative estimate of drug-likeness (QED) is 0.679. The van der Waals surface area contributed by atoms with Crippen molar-refractivity contribution < 1.29 is 0 Å². The number of aryl methyl sites for hydroxylation is 1. The highest BCUT2D eigenvalue weighted by atomic mass is 15.3. The number of allylic oxidation sites excluding steroid dienone is 1. The first kappa shape index (κ1) is 14.5. The van der Waals surface area contributed by atoms with Crippen LogP contribution in [0.15, 0.2) is 30.5 Å². The lowest BCUT2D eigenvalue weighted by atomic mass is 10.2. The van der Waals surface area contributed by atoms with Crippen molar-refractivity contribution >= 4 is 22.7 Å². The molecule has 1 aromatic carbocycles. The maximum atomic E-state index is 9.60. The fraction of sp³-hybridized carbons (Fsp3) is 0.278. The number of aromatic nitrogens is 5. The third-order valence-corrected chi connectivity index (χ3v) is 4.23. The molecule has 0 N–H and O–H groups in total. The van der Waals surface area contributed by atoms with Crippen LogP contribution in [-0.4, -0.2) is 24.7 Å². The Hall–Kier alpha value is -3.07. The number of nitrogens with zero attached hydrogens (tertiary/aromatic N) is 6. The van der Waals surface area contributed by atoms with E-state index in [0.29, 0.717) is 17.1 Å². The van der Waals surface area contributed by atoms with E-state index in [-0.39, 0.29) is 0 Å². The van der Waals surface area contributed by atoms with E-state index in [4.69, 9.17) is 0 Å². The summed E-state index contributed by atoms with van der Waals surface area (Å²) in [5.74, 6) is 1.60. The Morgan fingerprint density at radius 3 is 2.88 bits per heavy atom. The minimum atomic E-state index is 0.472. The molecule has 0 saturated carbocycles. The van der Waals surface area contributed by atoms with Crippen LogP contribution in [0.3, 0.4) is 0 Å². The van der Waals surface area contributed by atoms with Crippen molar-refractivity contribution in [1.82, 2.24) is 24.7 Å². The molecule has 2 aromatic heterocycles. The van der Waals surface area contributed by atoms with Gasteiger partial charge < -0.3 is 4.57 Å². The van der Waals surface area contributed by atoms with E-state index < -0.39 is 0 Å². The van der Waals surface area contributed by atoms with Gasteiger partial charge in [0.25, 0.3) is 0 Å². The van der Waals surface area contributed by atoms with Gasteiger partial charge in [-0.3, -0.25) is 4.98 Å². The number of rotatable bonds is 2. The lowest BCUT2D eigenvalue weighted by Gasteiger charge is -2.05. The predicted octanol–water partition coefficient (Wildman–Crippen LogP) is 3.01. The van der Waals surface area contributed by atoms with Crippen molar-refractivity contribution in [3.8, 4) is 6.07 Å². The molecule has 1 aliphatic heterocycles. The predicted molar refractivity (Wildman–Crippen MR) is 90.6 cm³/mol. The third kappa shape index (κ3) is 2.65. The summed E-state index contributed by atoms with van der Waals surface area (Å²) in [5, 5.41) is 18.1. The van der Waals surface area contributed by atoms with Crippen molar-refractivity contribution in [3.05, 3.63) is 47.8 Å². The first-order valence-corrected chi connectivity index (χ1v) is 8.11. The van der Waals surface area contributed by atoms with E-state index in [2.05, 4.69) is 30.8 Å². The normalized spacial score (nSPS) is 14.9. The molecule has 6 nitrogen and oxygen atoms in total. The number of hydrogen-bond acceptors (Lipinski definition) is 5. The van der Waals surface area contributed by atoms with Gasteiger partial charge in [-0.2, -0.15) is 5.26 Å². The molecule has 0 bridgehead atoms. The Balaban J connectivity index is 1.76. The van der Waals surface area contributed by atoms with Gasteiger partial charge in [0.1, 0.15) is 11.9 Å². The lowest BCUT2D eigenvalue weighted by Crippen LogP contribution is -2.05. The second-order valence-corrected chi connectivity index (χ2v) is 5.86. The third-order valence-electron chi connectivity index (χ3n) is 4.23. The standard InChI is InChI=1S/C18H16N6/c19-11-13(18-23-22-17-8-2-1-5-9-24(17)18)10-14-12-20-15-6-3-4-7-16(15)21-14/h3-4,6-7,10,12H,1-2,5,8-9H2/b13-10+. The summed E-state index contributed by atoms with van der Waals surface area (Å²) in [6.45, 7) is 0.861. The molecule has 0 fully saturated rings. The minimum absolute atomic E-state index is 0.472. The molecule has 0 amide bonds. The van der Waals surface area contributed by atoms with Gasteiger partial charge in [0.2, 0.25) is 0 Å². The largest absolute Gasteiger partial charge is 0.310 e. The average molecular weight is 316 g/mol. The molecular formula is C18H16N6. The van der Waals surface area contributed by atoms with E-state index in [1.807, 2.05) is 24.3 Å². The smallest absolute Gasteiger partial charge is 0.174 e. The second kappa shape index (κ2) is 6.20. The van der Waals surface area contributed by atoms with Crippen molar-refractivity contribution in [2.75, 3.05) is 0 Å². The van der Waals surface area contributed by atoms with Crippen molar-refractivity contribution in [3.63, 3.8) is 0 Å². The monoisotopic (exact) mass is 316 g/mol. The summed E-state index contributed by atoms with van der Waals surface area (Å²) in [4.78, 5) is 8.95. The number of para-hydroxylation sites is 2. The molecule has 0 saturated heterocycles. The Morgan fingerprint density at radius 1 is 1.12 bits per heavy atom. The number of nitriles is 1. The highest BCUT2D eigenvalue weighted by Gasteiger charge is 2.17. The zero-order valence-electron chi connectivity index (χ0n) is 13.2. The molecule has 0 spiro atoms. The lowest BCUT2D eigenvalue weighted by molar-refractivity contribution is 0.627. The van der Waals surface area contributed by atoms with Crippen LogP contribution < -0.4 is 0 Å².